The van der Waals surface area contributed by atoms with Crippen LogP contribution in [0.4, 0.5) is 0 Å². The highest BCUT2D eigenvalue weighted by molar-refractivity contribution is 8.04. The minimum Gasteiger partial charge on any atom is -0.367 e. The molecule has 0 amide bonds. The number of ketones is 1. The van der Waals surface area contributed by atoms with Crippen LogP contribution >= 0.6 is 11.8 Å². The number of hydrogen-bond acceptors (Lipinski definition) is 5. The molecule has 0 aromatic heterocycles. The van der Waals surface area contributed by atoms with Gasteiger partial charge in [-0.05, 0) is 12.5 Å². The molecule has 0 spiro atoms. The van der Waals surface area contributed by atoms with Gasteiger partial charge in [-0.3, -0.25) is 4.79 Å². The predicted molar refractivity (Wildman–Crippen MR) is 94.6 cm³/mol. The molecule has 24 heavy (non-hydrogen) atoms. The largest absolute Gasteiger partial charge is 0.367 e. The van der Waals surface area contributed by atoms with Crippen LogP contribution in [0.1, 0.15) is 28.8 Å². The minimum absolute atomic E-state index is 0.0868. The van der Waals surface area contributed by atoms with Gasteiger partial charge in [0.05, 0.1) is 22.2 Å². The fourth-order valence-corrected chi connectivity index (χ4v) is 5.36. The Hall–Kier alpha value is -1.82. The van der Waals surface area contributed by atoms with Gasteiger partial charge in [-0.1, -0.05) is 60.3 Å². The highest BCUT2D eigenvalue weighted by atomic mass is 32.2. The molecule has 3 unspecified atom stereocenters. The standard InChI is InChI=1S/C19H19NO3S/c1-2-20-13-9-5-6-10-14(13)24-18(20)16-15(19(22)23)11-7-3-4-8-12(11)17(16)21/h3-10,13-15,19,22-23H,2H2,1H3/b18-16-. The van der Waals surface area contributed by atoms with Gasteiger partial charge in [-0.15, -0.1) is 0 Å². The quantitative estimate of drug-likeness (QED) is 0.639. The van der Waals surface area contributed by atoms with Gasteiger partial charge in [0.1, 0.15) is 0 Å². The van der Waals surface area contributed by atoms with Crippen LogP contribution in [0.5, 0.6) is 0 Å². The number of rotatable bonds is 2. The number of Topliss-reactive ketones (excluding diaryl/α,β-unsaturated/α-hetero) is 1. The average Bonchev–Trinajstić information content (AvgIpc) is 3.10. The third-order valence-electron chi connectivity index (χ3n) is 4.89. The molecule has 1 saturated heterocycles. The Bertz CT molecular complexity index is 781. The number of aliphatic hydroxyl groups is 2. The summed E-state index contributed by atoms with van der Waals surface area (Å²) in [6.45, 7) is 2.83. The molecular weight excluding hydrogens is 322 g/mol. The molecule has 2 N–H and O–H groups in total. The normalized spacial score (nSPS) is 31.1. The predicted octanol–water partition coefficient (Wildman–Crippen LogP) is 2.42. The van der Waals surface area contributed by atoms with E-state index in [1.165, 1.54) is 0 Å². The van der Waals surface area contributed by atoms with Gasteiger partial charge in [-0.2, -0.15) is 0 Å². The van der Waals surface area contributed by atoms with Crippen LogP contribution in [0.2, 0.25) is 0 Å². The number of allylic oxidation sites excluding steroid dienone is 2. The zero-order valence-electron chi connectivity index (χ0n) is 13.3. The number of nitrogens with zero attached hydrogens (tertiary/aromatic N) is 1. The number of hydrogen-bond donors (Lipinski definition) is 2. The van der Waals surface area contributed by atoms with Crippen molar-refractivity contribution in [3.63, 3.8) is 0 Å². The fraction of sp³-hybridized carbons (Fsp3) is 0.316. The summed E-state index contributed by atoms with van der Waals surface area (Å²) < 4.78 is 0. The first-order valence-corrected chi connectivity index (χ1v) is 9.03. The number of carbonyl (C=O) groups excluding carboxylic acids is 1. The van der Waals surface area contributed by atoms with Gasteiger partial charge in [-0.25, -0.2) is 0 Å². The van der Waals surface area contributed by atoms with E-state index in [4.69, 9.17) is 0 Å². The highest BCUT2D eigenvalue weighted by Crippen LogP contribution is 2.49. The Labute approximate surface area is 145 Å². The summed E-state index contributed by atoms with van der Waals surface area (Å²) in [4.78, 5) is 15.2. The Kier molecular flexibility index (Phi) is 3.87. The lowest BCUT2D eigenvalue weighted by atomic mass is 9.97. The van der Waals surface area contributed by atoms with E-state index in [-0.39, 0.29) is 17.1 Å². The zero-order chi connectivity index (χ0) is 16.8. The van der Waals surface area contributed by atoms with Crippen LogP contribution < -0.4 is 0 Å². The summed E-state index contributed by atoms with van der Waals surface area (Å²) in [6, 6.07) is 7.44. The van der Waals surface area contributed by atoms with Gasteiger partial charge in [0.15, 0.2) is 12.1 Å². The van der Waals surface area contributed by atoms with Crippen molar-refractivity contribution < 1.29 is 15.0 Å². The smallest absolute Gasteiger partial charge is 0.192 e. The average molecular weight is 341 g/mol. The van der Waals surface area contributed by atoms with Crippen molar-refractivity contribution in [2.45, 2.75) is 30.4 Å². The molecule has 0 bridgehead atoms. The first-order chi connectivity index (χ1) is 11.6. The summed E-state index contributed by atoms with van der Waals surface area (Å²) in [6.07, 6.45) is 6.75. The van der Waals surface area contributed by atoms with Crippen LogP contribution in [0.15, 0.2) is 59.2 Å². The van der Waals surface area contributed by atoms with E-state index in [0.717, 1.165) is 11.6 Å². The molecule has 4 rings (SSSR count). The number of aliphatic hydroxyl groups excluding tert-OH is 1. The van der Waals surface area contributed by atoms with Gasteiger partial charge in [0, 0.05) is 17.7 Å². The van der Waals surface area contributed by atoms with E-state index in [1.54, 1.807) is 17.8 Å². The van der Waals surface area contributed by atoms with Gasteiger partial charge < -0.3 is 15.1 Å². The number of fused-ring (bicyclic) bond motifs is 2. The summed E-state index contributed by atoms with van der Waals surface area (Å²) in [7, 11) is 0. The third kappa shape index (κ3) is 2.19. The Morgan fingerprint density at radius 3 is 2.71 bits per heavy atom. The van der Waals surface area contributed by atoms with Gasteiger partial charge in [0.25, 0.3) is 0 Å². The van der Waals surface area contributed by atoms with Crippen LogP contribution in [0, 0.1) is 0 Å². The van der Waals surface area contributed by atoms with E-state index in [9.17, 15) is 15.0 Å². The summed E-state index contributed by atoms with van der Waals surface area (Å²) in [5.41, 5.74) is 1.81. The van der Waals surface area contributed by atoms with Crippen molar-refractivity contribution in [3.8, 4) is 0 Å². The maximum absolute atomic E-state index is 13.0. The molecule has 124 valence electrons. The van der Waals surface area contributed by atoms with E-state index < -0.39 is 12.2 Å². The van der Waals surface area contributed by atoms with Crippen molar-refractivity contribution in [2.75, 3.05) is 6.54 Å². The second-order valence-electron chi connectivity index (χ2n) is 6.16. The molecule has 1 aromatic carbocycles. The number of thioether (sulfide) groups is 1. The monoisotopic (exact) mass is 341 g/mol. The molecule has 0 radical (unpaired) electrons. The molecule has 3 atom stereocenters. The maximum atomic E-state index is 13.0. The first-order valence-electron chi connectivity index (χ1n) is 8.15. The number of benzene rings is 1. The second kappa shape index (κ2) is 5.92. The van der Waals surface area contributed by atoms with Crippen molar-refractivity contribution in [2.24, 2.45) is 0 Å². The van der Waals surface area contributed by atoms with E-state index in [0.29, 0.717) is 16.7 Å². The van der Waals surface area contributed by atoms with Crippen LogP contribution in [0.3, 0.4) is 0 Å². The third-order valence-corrected chi connectivity index (χ3v) is 6.28. The highest BCUT2D eigenvalue weighted by Gasteiger charge is 2.45. The van der Waals surface area contributed by atoms with Crippen LogP contribution in [-0.4, -0.2) is 45.0 Å². The fourth-order valence-electron chi connectivity index (χ4n) is 3.83. The molecule has 2 aliphatic carbocycles. The van der Waals surface area contributed by atoms with Crippen LogP contribution in [0.25, 0.3) is 0 Å². The van der Waals surface area contributed by atoms with Crippen molar-refractivity contribution in [1.29, 1.82) is 0 Å². The summed E-state index contributed by atoms with van der Waals surface area (Å²) in [5, 5.41) is 21.1. The van der Waals surface area contributed by atoms with Gasteiger partial charge in [0.2, 0.25) is 0 Å². The Balaban J connectivity index is 1.88. The molecule has 3 aliphatic rings. The molecule has 1 heterocycles. The first kappa shape index (κ1) is 15.7. The van der Waals surface area contributed by atoms with Crippen LogP contribution in [-0.2, 0) is 0 Å². The molecule has 1 aliphatic heterocycles. The maximum Gasteiger partial charge on any atom is 0.192 e. The lowest BCUT2D eigenvalue weighted by Gasteiger charge is -2.27. The van der Waals surface area contributed by atoms with Crippen molar-refractivity contribution in [3.05, 3.63) is 70.3 Å². The van der Waals surface area contributed by atoms with E-state index in [2.05, 4.69) is 24.0 Å². The Morgan fingerprint density at radius 1 is 1.21 bits per heavy atom. The number of carbonyl (C=O) groups is 1. The molecule has 1 aromatic rings. The molecule has 1 fully saturated rings. The SMILES string of the molecule is CCN1/C(=C2/C(=O)c3ccccc3C2C(O)O)SC2C=CC=CC21. The van der Waals surface area contributed by atoms with Crippen molar-refractivity contribution >= 4 is 17.5 Å². The molecule has 4 nitrogen and oxygen atoms in total. The molecule has 0 saturated carbocycles. The van der Waals surface area contributed by atoms with Gasteiger partial charge >= 0.3 is 0 Å². The summed E-state index contributed by atoms with van der Waals surface area (Å²) >= 11 is 1.64. The molecule has 5 heteroatoms. The van der Waals surface area contributed by atoms with Crippen molar-refractivity contribution in [1.82, 2.24) is 4.90 Å². The van der Waals surface area contributed by atoms with E-state index in [1.807, 2.05) is 30.4 Å². The zero-order valence-corrected chi connectivity index (χ0v) is 14.1. The number of likely N-dealkylation sites (N-methyl/N-ethyl adjacent to an activating group) is 1. The summed E-state index contributed by atoms with van der Waals surface area (Å²) in [5.74, 6) is -0.769. The topological polar surface area (TPSA) is 60.8 Å². The second-order valence-corrected chi connectivity index (χ2v) is 7.32. The van der Waals surface area contributed by atoms with E-state index >= 15 is 0 Å². The lowest BCUT2D eigenvalue weighted by molar-refractivity contribution is -0.0510. The molecular formula is C19H19NO3S. The minimum atomic E-state index is -1.59. The lowest BCUT2D eigenvalue weighted by Crippen LogP contribution is -2.33. The Morgan fingerprint density at radius 2 is 1.96 bits per heavy atom.